The van der Waals surface area contributed by atoms with Gasteiger partial charge < -0.3 is 9.79 Å². The number of hydrogen-bond donors (Lipinski definition) is 2. The zero-order valence-electron chi connectivity index (χ0n) is 27.8. The van der Waals surface area contributed by atoms with Gasteiger partial charge in [-0.2, -0.15) is 0 Å². The summed E-state index contributed by atoms with van der Waals surface area (Å²) in [5, 5.41) is 0.803. The minimum atomic E-state index is -2.01. The zero-order chi connectivity index (χ0) is 29.6. The Balaban J connectivity index is 2.12. The van der Waals surface area contributed by atoms with Gasteiger partial charge in [-0.15, -0.1) is 0 Å². The Kier molecular flexibility index (Phi) is 27.9. The van der Waals surface area contributed by atoms with Crippen molar-refractivity contribution in [2.75, 3.05) is 0 Å². The van der Waals surface area contributed by atoms with Gasteiger partial charge in [0.1, 0.15) is 0 Å². The molecular formula is C38H71O2P. The Morgan fingerprint density at radius 3 is 1.07 bits per heavy atom. The highest BCUT2D eigenvalue weighted by atomic mass is 31.2. The second-order valence-electron chi connectivity index (χ2n) is 12.9. The van der Waals surface area contributed by atoms with Crippen LogP contribution < -0.4 is 5.30 Å². The third kappa shape index (κ3) is 22.7. The van der Waals surface area contributed by atoms with Crippen LogP contribution in [0.5, 0.6) is 0 Å². The Morgan fingerprint density at radius 1 is 0.415 bits per heavy atom. The lowest BCUT2D eigenvalue weighted by molar-refractivity contribution is 0.496. The van der Waals surface area contributed by atoms with E-state index in [0.29, 0.717) is 0 Å². The molecule has 0 spiro atoms. The van der Waals surface area contributed by atoms with Crippen LogP contribution in [0.3, 0.4) is 0 Å². The summed E-state index contributed by atoms with van der Waals surface area (Å²) in [6.07, 6.45) is 40.8. The summed E-state index contributed by atoms with van der Waals surface area (Å²) in [6.45, 7) is 4.58. The molecule has 0 atom stereocenters. The molecule has 0 aliphatic rings. The van der Waals surface area contributed by atoms with Crippen molar-refractivity contribution in [2.45, 2.75) is 206 Å². The van der Waals surface area contributed by atoms with Crippen molar-refractivity contribution in [3.63, 3.8) is 0 Å². The van der Waals surface area contributed by atoms with Gasteiger partial charge in [-0.1, -0.05) is 193 Å². The molecule has 0 amide bonds. The fourth-order valence-corrected chi connectivity index (χ4v) is 7.05. The van der Waals surface area contributed by atoms with E-state index in [-0.39, 0.29) is 0 Å². The maximum Gasteiger partial charge on any atom is 0.199 e. The van der Waals surface area contributed by atoms with Gasteiger partial charge in [-0.05, 0) is 42.9 Å². The molecule has 0 aliphatic carbocycles. The lowest BCUT2D eigenvalue weighted by Gasteiger charge is -2.16. The molecule has 2 nitrogen and oxygen atoms in total. The highest BCUT2D eigenvalue weighted by molar-refractivity contribution is 7.54. The maximum absolute atomic E-state index is 10.1. The van der Waals surface area contributed by atoms with Crippen LogP contribution in [0.2, 0.25) is 0 Å². The van der Waals surface area contributed by atoms with Crippen LogP contribution in [0.15, 0.2) is 18.2 Å². The molecule has 0 radical (unpaired) electrons. The van der Waals surface area contributed by atoms with E-state index < -0.39 is 8.38 Å². The minimum absolute atomic E-state index is 0.803. The van der Waals surface area contributed by atoms with Crippen LogP contribution in [-0.2, 0) is 12.8 Å². The first-order valence-corrected chi connectivity index (χ1v) is 19.7. The van der Waals surface area contributed by atoms with Crippen molar-refractivity contribution in [2.24, 2.45) is 0 Å². The first-order valence-electron chi connectivity index (χ1n) is 18.5. The van der Waals surface area contributed by atoms with Gasteiger partial charge in [0, 0.05) is 5.30 Å². The highest BCUT2D eigenvalue weighted by Crippen LogP contribution is 2.28. The first-order chi connectivity index (χ1) is 20.2. The van der Waals surface area contributed by atoms with E-state index in [4.69, 9.17) is 0 Å². The molecule has 0 saturated carbocycles. The smallest absolute Gasteiger partial charge is 0.199 e. The zero-order valence-corrected chi connectivity index (χ0v) is 28.7. The average Bonchev–Trinajstić information content (AvgIpc) is 2.97. The van der Waals surface area contributed by atoms with Crippen LogP contribution in [0.25, 0.3) is 0 Å². The number of aryl methyl sites for hydroxylation is 1. The third-order valence-corrected chi connectivity index (χ3v) is 9.89. The van der Waals surface area contributed by atoms with Crippen molar-refractivity contribution < 1.29 is 9.79 Å². The molecule has 1 aromatic rings. The first kappa shape index (κ1) is 38.6. The van der Waals surface area contributed by atoms with E-state index in [0.717, 1.165) is 18.1 Å². The average molecular weight is 591 g/mol. The van der Waals surface area contributed by atoms with E-state index >= 15 is 0 Å². The highest BCUT2D eigenvalue weighted by Gasteiger charge is 2.14. The number of benzene rings is 1. The van der Waals surface area contributed by atoms with Crippen LogP contribution in [-0.4, -0.2) is 9.79 Å². The fourth-order valence-electron chi connectivity index (χ4n) is 6.34. The standard InChI is InChI=1S/C38H71O2P/c1-3-5-7-9-11-13-15-17-19-21-23-25-27-29-32-36-33-31-35-38(41(39)40)37(36)34-30-28-26-24-22-20-18-16-14-12-10-8-6-4-2/h31,33,35,39-40H,3-30,32,34H2,1-2H3. The van der Waals surface area contributed by atoms with Gasteiger partial charge in [0.25, 0.3) is 0 Å². The molecule has 0 heterocycles. The minimum Gasteiger partial charge on any atom is -0.347 e. The molecular weight excluding hydrogens is 519 g/mol. The maximum atomic E-state index is 10.1. The van der Waals surface area contributed by atoms with Crippen LogP contribution in [0.1, 0.15) is 205 Å². The lowest BCUT2D eigenvalue weighted by Crippen LogP contribution is -2.12. The molecule has 1 rings (SSSR count). The number of unbranched alkanes of at least 4 members (excludes halogenated alkanes) is 26. The Bertz CT molecular complexity index is 674. The van der Waals surface area contributed by atoms with E-state index in [1.54, 1.807) is 0 Å². The molecule has 240 valence electrons. The topological polar surface area (TPSA) is 40.5 Å². The van der Waals surface area contributed by atoms with Crippen LogP contribution >= 0.6 is 8.38 Å². The molecule has 0 saturated heterocycles. The summed E-state index contributed by atoms with van der Waals surface area (Å²) >= 11 is 0. The van der Waals surface area contributed by atoms with Crippen molar-refractivity contribution in [1.82, 2.24) is 0 Å². The van der Waals surface area contributed by atoms with Gasteiger partial charge in [0.15, 0.2) is 8.38 Å². The second-order valence-corrected chi connectivity index (χ2v) is 14.0. The normalized spacial score (nSPS) is 11.6. The van der Waals surface area contributed by atoms with Gasteiger partial charge in [0.2, 0.25) is 0 Å². The predicted octanol–water partition coefficient (Wildman–Crippen LogP) is 12.7. The van der Waals surface area contributed by atoms with Crippen molar-refractivity contribution in [1.29, 1.82) is 0 Å². The molecule has 2 N–H and O–H groups in total. The van der Waals surface area contributed by atoms with Gasteiger partial charge >= 0.3 is 0 Å². The van der Waals surface area contributed by atoms with E-state index in [1.165, 1.54) is 191 Å². The molecule has 0 aromatic heterocycles. The SMILES string of the molecule is CCCCCCCCCCCCCCCCc1cccc(P(O)O)c1CCCCCCCCCCCCCCCC. The molecule has 1 aromatic carbocycles. The van der Waals surface area contributed by atoms with Crippen molar-refractivity contribution in [3.05, 3.63) is 29.3 Å². The summed E-state index contributed by atoms with van der Waals surface area (Å²) in [4.78, 5) is 20.1. The van der Waals surface area contributed by atoms with Crippen LogP contribution in [0.4, 0.5) is 0 Å². The summed E-state index contributed by atoms with van der Waals surface area (Å²) in [6, 6.07) is 6.22. The summed E-state index contributed by atoms with van der Waals surface area (Å²) < 4.78 is 0. The molecule has 0 bridgehead atoms. The quantitative estimate of drug-likeness (QED) is 0.0667. The van der Waals surface area contributed by atoms with Crippen molar-refractivity contribution >= 4 is 13.7 Å². The Morgan fingerprint density at radius 2 is 0.732 bits per heavy atom. The molecule has 0 aliphatic heterocycles. The molecule has 0 unspecified atom stereocenters. The number of hydrogen-bond acceptors (Lipinski definition) is 2. The monoisotopic (exact) mass is 591 g/mol. The van der Waals surface area contributed by atoms with E-state index in [1.807, 2.05) is 12.1 Å². The van der Waals surface area contributed by atoms with Gasteiger partial charge in [-0.25, -0.2) is 0 Å². The summed E-state index contributed by atoms with van der Waals surface area (Å²) in [5.41, 5.74) is 2.61. The van der Waals surface area contributed by atoms with E-state index in [9.17, 15) is 9.79 Å². The fraction of sp³-hybridized carbons (Fsp3) is 0.842. The largest absolute Gasteiger partial charge is 0.347 e. The third-order valence-electron chi connectivity index (χ3n) is 9.04. The number of rotatable bonds is 31. The van der Waals surface area contributed by atoms with Crippen molar-refractivity contribution in [3.8, 4) is 0 Å². The van der Waals surface area contributed by atoms with E-state index in [2.05, 4.69) is 19.9 Å². The Hall–Kier alpha value is -0.430. The molecule has 41 heavy (non-hydrogen) atoms. The van der Waals surface area contributed by atoms with Crippen LogP contribution in [0, 0.1) is 0 Å². The Labute approximate surface area is 258 Å². The second kappa shape index (κ2) is 29.6. The van der Waals surface area contributed by atoms with Gasteiger partial charge in [-0.3, -0.25) is 0 Å². The molecule has 3 heteroatoms. The lowest BCUT2D eigenvalue weighted by atomic mass is 9.96. The van der Waals surface area contributed by atoms with Gasteiger partial charge in [0.05, 0.1) is 0 Å². The predicted molar refractivity (Wildman–Crippen MR) is 185 cm³/mol. The molecule has 0 fully saturated rings. The summed E-state index contributed by atoms with van der Waals surface area (Å²) in [7, 11) is -2.01. The summed E-state index contributed by atoms with van der Waals surface area (Å²) in [5.74, 6) is 0.